The first-order valence-corrected chi connectivity index (χ1v) is 35.7. The lowest BCUT2D eigenvalue weighted by Gasteiger charge is -2.40. The van der Waals surface area contributed by atoms with E-state index in [1.54, 1.807) is 51.5 Å². The third-order valence-corrected chi connectivity index (χ3v) is 25.2. The number of hydrogen-bond donors (Lipinski definition) is 4. The number of nitrogens with zero attached hydrogens (tertiary/aromatic N) is 12. The highest BCUT2D eigenvalue weighted by Crippen LogP contribution is 2.52. The number of nitrogens with one attached hydrogen (secondary N) is 2. The molecule has 8 rings (SSSR count). The number of aliphatic hydroxyl groups excluding tert-OH is 1. The SMILES string of the molecule is CC[C@@]1(N=[N+]=[N-])O[C@@H](c2ccc3c(NC(=O)c4ccccc4)ncnn23)C(O[Si](C)(C)C(C)(C)C)[C@@H]1C.C[C@H]1C(O[Si](C)(C)C(C)(C)C)[C@H](c2ccc3c(NC(=O)c4ccccc4)ncnn23)O[C@]1(O)CO.C[Si](C)(C)N=[N+]=[N-]. The number of hydrogen-bond acceptors (Lipinski definition) is 14. The maximum absolute atomic E-state index is 12.8. The fraction of sp³-hybridized carbons (Fsp3) is 0.519. The van der Waals surface area contributed by atoms with E-state index in [0.717, 1.165) is 5.69 Å². The minimum atomic E-state index is -2.25. The molecule has 2 fully saturated rings. The lowest BCUT2D eigenvalue weighted by molar-refractivity contribution is -0.231. The Hall–Kier alpha value is -6.35. The van der Waals surface area contributed by atoms with Crippen molar-refractivity contribution < 1.29 is 38.1 Å². The smallest absolute Gasteiger partial charge is 0.256 e. The van der Waals surface area contributed by atoms with E-state index in [2.05, 4.69) is 118 Å². The number of fused-ring (bicyclic) bond motifs is 2. The molecule has 0 aliphatic carbocycles. The monoisotopic (exact) mass is 1130 g/mol. The molecule has 79 heavy (non-hydrogen) atoms. The predicted octanol–water partition coefficient (Wildman–Crippen LogP) is 12.4. The van der Waals surface area contributed by atoms with E-state index in [9.17, 15) is 25.3 Å². The van der Waals surface area contributed by atoms with E-state index in [4.69, 9.17) is 23.9 Å². The van der Waals surface area contributed by atoms with E-state index >= 15 is 0 Å². The number of benzene rings is 2. The van der Waals surface area contributed by atoms with Gasteiger partial charge in [-0.1, -0.05) is 123 Å². The molecule has 2 saturated heterocycles. The Balaban J connectivity index is 0.000000228. The van der Waals surface area contributed by atoms with E-state index in [1.807, 2.05) is 82.9 Å². The minimum Gasteiger partial charge on any atom is -0.410 e. The summed E-state index contributed by atoms with van der Waals surface area (Å²) in [4.78, 5) is 39.9. The molecular formula is C54H78N14O8Si3. The maximum atomic E-state index is 12.8. The largest absolute Gasteiger partial charge is 0.410 e. The summed E-state index contributed by atoms with van der Waals surface area (Å²) >= 11 is 0. The molecule has 8 atom stereocenters. The lowest BCUT2D eigenvalue weighted by Crippen LogP contribution is -2.48. The quantitative estimate of drug-likeness (QED) is 0.0343. The molecule has 0 saturated carbocycles. The molecule has 424 valence electrons. The second-order valence-corrected chi connectivity index (χ2v) is 38.1. The third-order valence-electron chi connectivity index (χ3n) is 15.5. The van der Waals surface area contributed by atoms with E-state index < -0.39 is 67.2 Å². The van der Waals surface area contributed by atoms with Crippen LogP contribution in [0.4, 0.5) is 11.6 Å². The molecule has 4 N–H and O–H groups in total. The van der Waals surface area contributed by atoms with Gasteiger partial charge in [0.15, 0.2) is 39.8 Å². The number of ether oxygens (including phenoxy) is 2. The zero-order valence-corrected chi connectivity index (χ0v) is 51.3. The van der Waals surface area contributed by atoms with Crippen molar-refractivity contribution in [2.24, 2.45) is 21.7 Å². The van der Waals surface area contributed by atoms with E-state index in [-0.39, 0.29) is 33.9 Å². The molecule has 0 radical (unpaired) electrons. The molecule has 0 spiro atoms. The van der Waals surface area contributed by atoms with E-state index in [1.165, 1.54) is 12.7 Å². The fourth-order valence-corrected chi connectivity index (χ4v) is 11.7. The molecule has 6 aromatic rings. The number of rotatable bonds is 14. The molecule has 22 nitrogen and oxygen atoms in total. The average Bonchev–Trinajstić information content (AvgIpc) is 4.25. The summed E-state index contributed by atoms with van der Waals surface area (Å²) in [7, 11) is -5.92. The Morgan fingerprint density at radius 2 is 1.10 bits per heavy atom. The van der Waals surface area contributed by atoms with Crippen molar-refractivity contribution in [3.8, 4) is 0 Å². The highest BCUT2D eigenvalue weighted by molar-refractivity contribution is 6.75. The van der Waals surface area contributed by atoms with Crippen molar-refractivity contribution in [2.45, 2.75) is 161 Å². The highest BCUT2D eigenvalue weighted by atomic mass is 28.4. The lowest BCUT2D eigenvalue weighted by atomic mass is 9.91. The van der Waals surface area contributed by atoms with Crippen molar-refractivity contribution in [3.63, 3.8) is 0 Å². The summed E-state index contributed by atoms with van der Waals surface area (Å²) in [5, 5.41) is 39.6. The highest BCUT2D eigenvalue weighted by Gasteiger charge is 2.57. The van der Waals surface area contributed by atoms with Crippen LogP contribution in [0.5, 0.6) is 0 Å². The Bertz CT molecular complexity index is 3190. The molecule has 2 unspecified atom stereocenters. The van der Waals surface area contributed by atoms with Crippen LogP contribution in [0.25, 0.3) is 31.9 Å². The third kappa shape index (κ3) is 13.6. The van der Waals surface area contributed by atoms with Crippen LogP contribution in [0.3, 0.4) is 0 Å². The molecule has 2 aliphatic rings. The molecule has 2 amide bonds. The van der Waals surface area contributed by atoms with Crippen LogP contribution in [0.1, 0.15) is 113 Å². The number of aromatic nitrogens is 6. The maximum Gasteiger partial charge on any atom is 0.256 e. The second kappa shape index (κ2) is 24.2. The van der Waals surface area contributed by atoms with Gasteiger partial charge in [-0.05, 0) is 107 Å². The topological polar surface area (TPSA) is 293 Å². The molecule has 2 aliphatic heterocycles. The summed E-state index contributed by atoms with van der Waals surface area (Å²) in [6.45, 7) is 32.9. The van der Waals surface area contributed by atoms with Gasteiger partial charge in [-0.2, -0.15) is 10.2 Å². The van der Waals surface area contributed by atoms with Crippen LogP contribution in [-0.2, 0) is 18.3 Å². The number of carbonyl (C=O) groups is 2. The zero-order chi connectivity index (χ0) is 58.5. The van der Waals surface area contributed by atoms with Gasteiger partial charge in [0, 0.05) is 27.9 Å². The van der Waals surface area contributed by atoms with Crippen molar-refractivity contribution in [2.75, 3.05) is 17.2 Å². The summed E-state index contributed by atoms with van der Waals surface area (Å²) in [6.07, 6.45) is 1.17. The van der Waals surface area contributed by atoms with Gasteiger partial charge in [0.05, 0.1) is 30.2 Å². The molecule has 0 bridgehead atoms. The van der Waals surface area contributed by atoms with Crippen LogP contribution in [0.2, 0.25) is 55.9 Å². The summed E-state index contributed by atoms with van der Waals surface area (Å²) < 4.78 is 33.2. The summed E-state index contributed by atoms with van der Waals surface area (Å²) in [5.74, 6) is -2.24. The number of amides is 2. The van der Waals surface area contributed by atoms with Crippen molar-refractivity contribution in [1.82, 2.24) is 29.2 Å². The number of anilines is 2. The molecule has 6 heterocycles. The zero-order valence-electron chi connectivity index (χ0n) is 48.3. The van der Waals surface area contributed by atoms with Crippen LogP contribution in [-0.4, -0.2) is 106 Å². The van der Waals surface area contributed by atoms with Gasteiger partial charge in [-0.25, -0.2) is 19.0 Å². The van der Waals surface area contributed by atoms with Gasteiger partial charge in [0.2, 0.25) is 0 Å². The Morgan fingerprint density at radius 1 is 0.684 bits per heavy atom. The first-order chi connectivity index (χ1) is 36.9. The van der Waals surface area contributed by atoms with Gasteiger partial charge in [-0.3, -0.25) is 9.59 Å². The Kier molecular flexibility index (Phi) is 18.9. The first kappa shape index (κ1) is 61.9. The first-order valence-electron chi connectivity index (χ1n) is 26.4. The van der Waals surface area contributed by atoms with Gasteiger partial charge in [0.25, 0.3) is 11.8 Å². The molecule has 4 aromatic heterocycles. The Morgan fingerprint density at radius 3 is 1.46 bits per heavy atom. The number of carbonyl (C=O) groups excluding carboxylic acids is 2. The van der Waals surface area contributed by atoms with Crippen molar-refractivity contribution >= 4 is 59.4 Å². The summed E-state index contributed by atoms with van der Waals surface area (Å²) in [6, 6.07) is 25.2. The van der Waals surface area contributed by atoms with Crippen molar-refractivity contribution in [3.05, 3.63) is 141 Å². The van der Waals surface area contributed by atoms with Gasteiger partial charge >= 0.3 is 0 Å². The standard InChI is InChI=1S/C26H35N7O3Si.C25H34N4O5Si.C3H9N3Si/c1-8-26(31-32-27)17(2)21(36-37(6,7)25(3,4)5)22(35-26)19-14-15-20-23(28-16-29-33(19)20)30-24(34)18-12-10-9-11-13-18;1-16-20(34-35(5,6)24(2,3)4)21(33-25(16,32)14-30)18-12-13-19-22(26-15-27-29(18)19)28-23(31)17-10-8-7-9-11-17;1-7(2,3)6-5-4/h9-17,21-22H,8H2,1-7H3,(H,28,29,30,34);7-13,15-16,20-21,30,32H,14H2,1-6H3,(H,26,27,28,31);1-3H3/t17-,21?,22-,26+;16-,20?,21-,25+;/m00./s1. The Labute approximate surface area is 465 Å². The summed E-state index contributed by atoms with van der Waals surface area (Å²) in [5.41, 5.74) is 19.8. The fourth-order valence-electron chi connectivity index (χ4n) is 8.70. The molecule has 2 aromatic carbocycles. The van der Waals surface area contributed by atoms with Crippen LogP contribution in [0.15, 0.2) is 107 Å². The van der Waals surface area contributed by atoms with E-state index in [0.29, 0.717) is 45.9 Å². The molecular weight excluding hydrogens is 1060 g/mol. The number of azide groups is 2. The van der Waals surface area contributed by atoms with Crippen LogP contribution < -0.4 is 10.6 Å². The second-order valence-electron chi connectivity index (χ2n) is 24.1. The predicted molar refractivity (Wildman–Crippen MR) is 312 cm³/mol. The average molecular weight is 1140 g/mol. The van der Waals surface area contributed by atoms with Crippen molar-refractivity contribution in [1.29, 1.82) is 0 Å². The van der Waals surface area contributed by atoms with Gasteiger partial charge in [-0.15, -0.1) is 4.78 Å². The number of aliphatic hydroxyl groups is 2. The minimum absolute atomic E-state index is 0.0223. The van der Waals surface area contributed by atoms with Gasteiger partial charge in [0.1, 0.15) is 44.1 Å². The van der Waals surface area contributed by atoms with Crippen LogP contribution in [0, 0.1) is 11.8 Å². The molecule has 25 heteroatoms. The normalized spacial score (nSPS) is 23.4. The van der Waals surface area contributed by atoms with Crippen LogP contribution >= 0.6 is 0 Å². The van der Waals surface area contributed by atoms with Gasteiger partial charge < -0.3 is 39.2 Å².